The second-order valence-electron chi connectivity index (χ2n) is 5.38. The first-order valence-corrected chi connectivity index (χ1v) is 7.66. The van der Waals surface area contributed by atoms with E-state index in [1.54, 1.807) is 6.92 Å². The van der Waals surface area contributed by atoms with Crippen LogP contribution in [0, 0.1) is 0 Å². The molecule has 0 radical (unpaired) electrons. The zero-order valence-electron chi connectivity index (χ0n) is 12.9. The molecule has 0 bridgehead atoms. The molecule has 2 aromatic carbocycles. The molecule has 1 N–H and O–H groups in total. The molecule has 0 heterocycles. The second kappa shape index (κ2) is 7.63. The van der Waals surface area contributed by atoms with Gasteiger partial charge in [-0.2, -0.15) is 0 Å². The Hall–Kier alpha value is -2.09. The number of carbonyl (C=O) groups is 1. The highest BCUT2D eigenvalue weighted by molar-refractivity contribution is 6.00. The Morgan fingerprint density at radius 2 is 1.71 bits per heavy atom. The van der Waals surface area contributed by atoms with Crippen LogP contribution in [0.2, 0.25) is 0 Å². The molecule has 21 heavy (non-hydrogen) atoms. The van der Waals surface area contributed by atoms with Crippen LogP contribution < -0.4 is 5.32 Å². The van der Waals surface area contributed by atoms with E-state index in [0.29, 0.717) is 0 Å². The number of hydrogen-bond acceptors (Lipinski definition) is 2. The number of anilines is 2. The van der Waals surface area contributed by atoms with Crippen LogP contribution in [0.1, 0.15) is 49.0 Å². The van der Waals surface area contributed by atoms with Gasteiger partial charge in [0.1, 0.15) is 0 Å². The molecule has 2 rings (SSSR count). The van der Waals surface area contributed by atoms with Crippen molar-refractivity contribution in [1.29, 1.82) is 0 Å². The molecule has 0 saturated carbocycles. The van der Waals surface area contributed by atoms with Crippen LogP contribution in [0.4, 0.5) is 11.4 Å². The van der Waals surface area contributed by atoms with Gasteiger partial charge in [-0.05, 0) is 49.6 Å². The average molecular weight is 281 g/mol. The highest BCUT2D eigenvalue weighted by atomic mass is 16.1. The molecular formula is C19H23NO. The molecule has 0 aliphatic rings. The van der Waals surface area contributed by atoms with Crippen molar-refractivity contribution in [3.63, 3.8) is 0 Å². The Morgan fingerprint density at radius 1 is 1.00 bits per heavy atom. The van der Waals surface area contributed by atoms with Crippen LogP contribution in [0.15, 0.2) is 48.5 Å². The van der Waals surface area contributed by atoms with Crippen LogP contribution in [0.25, 0.3) is 0 Å². The van der Waals surface area contributed by atoms with Gasteiger partial charge < -0.3 is 5.32 Å². The van der Waals surface area contributed by atoms with E-state index >= 15 is 0 Å². The van der Waals surface area contributed by atoms with Gasteiger partial charge in [-0.1, -0.05) is 44.0 Å². The molecule has 2 aromatic rings. The minimum atomic E-state index is 0.0780. The normalized spacial score (nSPS) is 10.4. The number of ketones is 1. The third-order valence-electron chi connectivity index (χ3n) is 3.61. The molecule has 0 aromatic heterocycles. The molecule has 0 aliphatic heterocycles. The lowest BCUT2D eigenvalue weighted by molar-refractivity contribution is 0.101. The summed E-state index contributed by atoms with van der Waals surface area (Å²) in [7, 11) is 0. The third-order valence-corrected chi connectivity index (χ3v) is 3.61. The van der Waals surface area contributed by atoms with Crippen LogP contribution in [-0.4, -0.2) is 5.78 Å². The van der Waals surface area contributed by atoms with Crippen molar-refractivity contribution in [2.24, 2.45) is 0 Å². The smallest absolute Gasteiger partial charge is 0.161 e. The van der Waals surface area contributed by atoms with Crippen LogP contribution in [0.3, 0.4) is 0 Å². The van der Waals surface area contributed by atoms with Gasteiger partial charge in [-0.15, -0.1) is 0 Å². The minimum absolute atomic E-state index is 0.0780. The average Bonchev–Trinajstić information content (AvgIpc) is 2.50. The number of benzene rings is 2. The van der Waals surface area contributed by atoms with Gasteiger partial charge in [0, 0.05) is 16.9 Å². The number of nitrogens with one attached hydrogen (secondary N) is 1. The minimum Gasteiger partial charge on any atom is -0.355 e. The summed E-state index contributed by atoms with van der Waals surface area (Å²) in [6.07, 6.45) is 4.92. The monoisotopic (exact) mass is 281 g/mol. The summed E-state index contributed by atoms with van der Waals surface area (Å²) in [6, 6.07) is 16.1. The Morgan fingerprint density at radius 3 is 2.38 bits per heavy atom. The van der Waals surface area contributed by atoms with Gasteiger partial charge in [-0.3, -0.25) is 4.79 Å². The fraction of sp³-hybridized carbons (Fsp3) is 0.316. The lowest BCUT2D eigenvalue weighted by Crippen LogP contribution is -2.00. The molecule has 0 aliphatic carbocycles. The van der Waals surface area contributed by atoms with Gasteiger partial charge in [0.15, 0.2) is 5.78 Å². The first-order chi connectivity index (χ1) is 10.2. The molecular weight excluding hydrogens is 258 g/mol. The molecule has 110 valence electrons. The summed E-state index contributed by atoms with van der Waals surface area (Å²) >= 11 is 0. The summed E-state index contributed by atoms with van der Waals surface area (Å²) < 4.78 is 0. The van der Waals surface area contributed by atoms with Crippen molar-refractivity contribution in [3.8, 4) is 0 Å². The summed E-state index contributed by atoms with van der Waals surface area (Å²) in [5.74, 6) is 0.0780. The molecule has 0 amide bonds. The number of unbranched alkanes of at least 4 members (excludes halogenated alkanes) is 2. The molecule has 0 fully saturated rings. The molecule has 0 spiro atoms. The van der Waals surface area contributed by atoms with Crippen molar-refractivity contribution in [2.75, 3.05) is 5.32 Å². The Balaban J connectivity index is 2.05. The van der Waals surface area contributed by atoms with E-state index in [9.17, 15) is 4.79 Å². The largest absolute Gasteiger partial charge is 0.355 e. The SMILES string of the molecule is CCCCCc1ccc(Nc2ccccc2C(C)=O)cc1. The van der Waals surface area contributed by atoms with Crippen molar-refractivity contribution < 1.29 is 4.79 Å². The highest BCUT2D eigenvalue weighted by Crippen LogP contribution is 2.22. The number of para-hydroxylation sites is 1. The number of aryl methyl sites for hydroxylation is 1. The Bertz CT molecular complexity index is 587. The number of rotatable bonds is 7. The summed E-state index contributed by atoms with van der Waals surface area (Å²) in [4.78, 5) is 11.6. The predicted octanol–water partition coefficient (Wildman–Crippen LogP) is 5.37. The zero-order valence-corrected chi connectivity index (χ0v) is 12.9. The van der Waals surface area contributed by atoms with Gasteiger partial charge in [-0.25, -0.2) is 0 Å². The summed E-state index contributed by atoms with van der Waals surface area (Å²) in [5.41, 5.74) is 3.98. The highest BCUT2D eigenvalue weighted by Gasteiger charge is 2.06. The van der Waals surface area contributed by atoms with Gasteiger partial charge >= 0.3 is 0 Å². The molecule has 0 saturated heterocycles. The Labute approximate surface area is 127 Å². The van der Waals surface area contributed by atoms with Gasteiger partial charge in [0.05, 0.1) is 0 Å². The Kier molecular flexibility index (Phi) is 5.56. The maximum absolute atomic E-state index is 11.6. The lowest BCUT2D eigenvalue weighted by Gasteiger charge is -2.10. The van der Waals surface area contributed by atoms with E-state index in [1.807, 2.05) is 24.3 Å². The number of Topliss-reactive ketones (excluding diaryl/α,β-unsaturated/α-hetero) is 1. The van der Waals surface area contributed by atoms with E-state index in [0.717, 1.165) is 23.4 Å². The van der Waals surface area contributed by atoms with E-state index in [2.05, 4.69) is 36.5 Å². The van der Waals surface area contributed by atoms with E-state index in [-0.39, 0.29) is 5.78 Å². The summed E-state index contributed by atoms with van der Waals surface area (Å²) in [5, 5.41) is 3.33. The summed E-state index contributed by atoms with van der Waals surface area (Å²) in [6.45, 7) is 3.82. The van der Waals surface area contributed by atoms with Crippen LogP contribution >= 0.6 is 0 Å². The first-order valence-electron chi connectivity index (χ1n) is 7.66. The predicted molar refractivity (Wildman–Crippen MR) is 89.4 cm³/mol. The van der Waals surface area contributed by atoms with Crippen molar-refractivity contribution >= 4 is 17.2 Å². The van der Waals surface area contributed by atoms with Crippen molar-refractivity contribution in [1.82, 2.24) is 0 Å². The third kappa shape index (κ3) is 4.45. The standard InChI is InChI=1S/C19H23NO/c1-3-4-5-8-16-11-13-17(14-12-16)20-19-10-7-6-9-18(19)15(2)21/h6-7,9-14,20H,3-5,8H2,1-2H3. The molecule has 2 nitrogen and oxygen atoms in total. The number of hydrogen-bond donors (Lipinski definition) is 1. The van der Waals surface area contributed by atoms with Crippen molar-refractivity contribution in [3.05, 3.63) is 59.7 Å². The zero-order chi connectivity index (χ0) is 15.1. The lowest BCUT2D eigenvalue weighted by atomic mass is 10.1. The first kappa shape index (κ1) is 15.3. The molecule has 0 unspecified atom stereocenters. The van der Waals surface area contributed by atoms with Gasteiger partial charge in [0.2, 0.25) is 0 Å². The molecule has 0 atom stereocenters. The second-order valence-corrected chi connectivity index (χ2v) is 5.38. The molecule has 2 heteroatoms. The quantitative estimate of drug-likeness (QED) is 0.546. The topological polar surface area (TPSA) is 29.1 Å². The van der Waals surface area contributed by atoms with E-state index < -0.39 is 0 Å². The maximum Gasteiger partial charge on any atom is 0.161 e. The van der Waals surface area contributed by atoms with E-state index in [4.69, 9.17) is 0 Å². The van der Waals surface area contributed by atoms with Crippen LogP contribution in [0.5, 0.6) is 0 Å². The van der Waals surface area contributed by atoms with Crippen LogP contribution in [-0.2, 0) is 6.42 Å². The van der Waals surface area contributed by atoms with E-state index in [1.165, 1.54) is 24.8 Å². The van der Waals surface area contributed by atoms with Gasteiger partial charge in [0.25, 0.3) is 0 Å². The fourth-order valence-corrected chi connectivity index (χ4v) is 2.39. The van der Waals surface area contributed by atoms with Crippen molar-refractivity contribution in [2.45, 2.75) is 39.5 Å². The fourth-order valence-electron chi connectivity index (χ4n) is 2.39. The maximum atomic E-state index is 11.6. The number of carbonyl (C=O) groups excluding carboxylic acids is 1.